The van der Waals surface area contributed by atoms with E-state index >= 15 is 0 Å². The van der Waals surface area contributed by atoms with E-state index in [-0.39, 0.29) is 5.97 Å². The second-order valence-corrected chi connectivity index (χ2v) is 3.36. The minimum Gasteiger partial charge on any atom is -0.468 e. The zero-order valence-corrected chi connectivity index (χ0v) is 9.57. The van der Waals surface area contributed by atoms with Crippen molar-refractivity contribution in [3.8, 4) is 0 Å². The van der Waals surface area contributed by atoms with Crippen LogP contribution in [0.5, 0.6) is 0 Å². The molecule has 1 aromatic rings. The Morgan fingerprint density at radius 1 is 1.73 bits per heavy atom. The molecule has 0 aromatic carbocycles. The molecule has 0 saturated carbocycles. The lowest BCUT2D eigenvalue weighted by atomic mass is 10.1. The number of carbonyl (C=O) groups excluding carboxylic acids is 1. The fraction of sp³-hybridized carbons (Fsp3) is 0.600. The lowest BCUT2D eigenvalue weighted by Crippen LogP contribution is -2.29. The van der Waals surface area contributed by atoms with Crippen molar-refractivity contribution in [3.63, 3.8) is 0 Å². The number of esters is 1. The number of carbonyl (C=O) groups is 1. The predicted molar refractivity (Wildman–Crippen MR) is 56.4 cm³/mol. The fourth-order valence-electron chi connectivity index (χ4n) is 1.54. The number of hydrogen-bond donors (Lipinski definition) is 1. The standard InChI is InChI=1S/C10H17N3O2/c1-5-11-9(10(14)15-4)8-6-13(3)12-7(8)2/h6,9,11H,5H2,1-4H3. The number of aryl methyl sites for hydroxylation is 2. The molecule has 84 valence electrons. The maximum atomic E-state index is 11.5. The topological polar surface area (TPSA) is 56.1 Å². The first-order valence-electron chi connectivity index (χ1n) is 4.91. The van der Waals surface area contributed by atoms with Gasteiger partial charge >= 0.3 is 5.97 Å². The average molecular weight is 211 g/mol. The van der Waals surface area contributed by atoms with Gasteiger partial charge in [-0.2, -0.15) is 5.10 Å². The molecule has 0 amide bonds. The number of aromatic nitrogens is 2. The molecule has 1 aromatic heterocycles. The van der Waals surface area contributed by atoms with E-state index < -0.39 is 6.04 Å². The molecular weight excluding hydrogens is 194 g/mol. The SMILES string of the molecule is CCNC(C(=O)OC)c1cn(C)nc1C. The van der Waals surface area contributed by atoms with Crippen LogP contribution in [-0.4, -0.2) is 29.4 Å². The normalized spacial score (nSPS) is 12.5. The van der Waals surface area contributed by atoms with Crippen LogP contribution in [-0.2, 0) is 16.6 Å². The monoisotopic (exact) mass is 211 g/mol. The summed E-state index contributed by atoms with van der Waals surface area (Å²) in [5, 5.41) is 7.28. The zero-order valence-electron chi connectivity index (χ0n) is 9.57. The van der Waals surface area contributed by atoms with E-state index in [9.17, 15) is 4.79 Å². The van der Waals surface area contributed by atoms with Crippen LogP contribution in [0.3, 0.4) is 0 Å². The predicted octanol–water partition coefficient (Wildman–Crippen LogP) is 0.552. The Labute approximate surface area is 89.4 Å². The Hall–Kier alpha value is -1.36. The van der Waals surface area contributed by atoms with Crippen LogP contribution >= 0.6 is 0 Å². The lowest BCUT2D eigenvalue weighted by molar-refractivity contribution is -0.143. The zero-order chi connectivity index (χ0) is 11.4. The number of methoxy groups -OCH3 is 1. The van der Waals surface area contributed by atoms with Crippen LogP contribution in [0.15, 0.2) is 6.20 Å². The number of hydrogen-bond acceptors (Lipinski definition) is 4. The molecule has 5 nitrogen and oxygen atoms in total. The van der Waals surface area contributed by atoms with Gasteiger partial charge in [0.25, 0.3) is 0 Å². The summed E-state index contributed by atoms with van der Waals surface area (Å²) in [6, 6.07) is -0.423. The lowest BCUT2D eigenvalue weighted by Gasteiger charge is -2.14. The second-order valence-electron chi connectivity index (χ2n) is 3.36. The van der Waals surface area contributed by atoms with Gasteiger partial charge in [-0.3, -0.25) is 4.68 Å². The fourth-order valence-corrected chi connectivity index (χ4v) is 1.54. The molecule has 1 atom stereocenters. The largest absolute Gasteiger partial charge is 0.468 e. The quantitative estimate of drug-likeness (QED) is 0.739. The molecule has 1 rings (SSSR count). The Balaban J connectivity index is 2.98. The number of rotatable bonds is 4. The molecule has 1 N–H and O–H groups in total. The van der Waals surface area contributed by atoms with Crippen LogP contribution in [0, 0.1) is 6.92 Å². The van der Waals surface area contributed by atoms with Crippen molar-refractivity contribution in [2.75, 3.05) is 13.7 Å². The Morgan fingerprint density at radius 3 is 2.80 bits per heavy atom. The number of nitrogens with zero attached hydrogens (tertiary/aromatic N) is 2. The van der Waals surface area contributed by atoms with E-state index in [2.05, 4.69) is 10.4 Å². The van der Waals surface area contributed by atoms with Gasteiger partial charge in [-0.1, -0.05) is 6.92 Å². The van der Waals surface area contributed by atoms with Crippen molar-refractivity contribution in [2.24, 2.45) is 7.05 Å². The summed E-state index contributed by atoms with van der Waals surface area (Å²) in [5.74, 6) is -0.284. The van der Waals surface area contributed by atoms with E-state index in [1.54, 1.807) is 4.68 Å². The molecule has 0 fully saturated rings. The molecule has 5 heteroatoms. The van der Waals surface area contributed by atoms with Crippen molar-refractivity contribution in [2.45, 2.75) is 19.9 Å². The average Bonchev–Trinajstić information content (AvgIpc) is 2.53. The molecule has 0 spiro atoms. The molecular formula is C10H17N3O2. The van der Waals surface area contributed by atoms with E-state index in [1.165, 1.54) is 7.11 Å². The molecule has 1 heterocycles. The second kappa shape index (κ2) is 4.93. The molecule has 0 aliphatic carbocycles. The highest BCUT2D eigenvalue weighted by Gasteiger charge is 2.23. The highest BCUT2D eigenvalue weighted by molar-refractivity contribution is 5.77. The van der Waals surface area contributed by atoms with Gasteiger partial charge in [0.1, 0.15) is 6.04 Å². The minimum absolute atomic E-state index is 0.284. The van der Waals surface area contributed by atoms with E-state index in [0.29, 0.717) is 6.54 Å². The van der Waals surface area contributed by atoms with Gasteiger partial charge in [0.15, 0.2) is 0 Å². The molecule has 15 heavy (non-hydrogen) atoms. The summed E-state index contributed by atoms with van der Waals surface area (Å²) in [6.45, 7) is 4.53. The summed E-state index contributed by atoms with van der Waals surface area (Å²) in [5.41, 5.74) is 1.71. The Morgan fingerprint density at radius 2 is 2.40 bits per heavy atom. The number of likely N-dealkylation sites (N-methyl/N-ethyl adjacent to an activating group) is 1. The van der Waals surface area contributed by atoms with Crippen molar-refractivity contribution < 1.29 is 9.53 Å². The van der Waals surface area contributed by atoms with E-state index in [1.807, 2.05) is 27.1 Å². The smallest absolute Gasteiger partial charge is 0.327 e. The summed E-state index contributed by atoms with van der Waals surface area (Å²) < 4.78 is 6.44. The molecule has 0 bridgehead atoms. The van der Waals surface area contributed by atoms with Gasteiger partial charge in [-0.05, 0) is 13.5 Å². The van der Waals surface area contributed by atoms with E-state index in [0.717, 1.165) is 11.3 Å². The van der Waals surface area contributed by atoms with Crippen LogP contribution in [0.2, 0.25) is 0 Å². The van der Waals surface area contributed by atoms with Gasteiger partial charge in [-0.25, -0.2) is 4.79 Å². The third-order valence-corrected chi connectivity index (χ3v) is 2.21. The summed E-state index contributed by atoms with van der Waals surface area (Å²) >= 11 is 0. The van der Waals surface area contributed by atoms with Crippen molar-refractivity contribution in [3.05, 3.63) is 17.5 Å². The Kier molecular flexibility index (Phi) is 3.85. The molecule has 0 aliphatic rings. The minimum atomic E-state index is -0.423. The molecule has 0 radical (unpaired) electrons. The third kappa shape index (κ3) is 2.56. The van der Waals surface area contributed by atoms with Crippen LogP contribution in [0.25, 0.3) is 0 Å². The van der Waals surface area contributed by atoms with Crippen molar-refractivity contribution in [1.82, 2.24) is 15.1 Å². The summed E-state index contributed by atoms with van der Waals surface area (Å²) in [6.07, 6.45) is 1.83. The first-order valence-corrected chi connectivity index (χ1v) is 4.91. The maximum Gasteiger partial charge on any atom is 0.327 e. The van der Waals surface area contributed by atoms with Crippen LogP contribution < -0.4 is 5.32 Å². The van der Waals surface area contributed by atoms with Gasteiger partial charge in [0.2, 0.25) is 0 Å². The van der Waals surface area contributed by atoms with Crippen molar-refractivity contribution in [1.29, 1.82) is 0 Å². The summed E-state index contributed by atoms with van der Waals surface area (Å²) in [4.78, 5) is 11.5. The van der Waals surface area contributed by atoms with Gasteiger partial charge in [-0.15, -0.1) is 0 Å². The summed E-state index contributed by atoms with van der Waals surface area (Å²) in [7, 11) is 3.22. The molecule has 0 saturated heterocycles. The van der Waals surface area contributed by atoms with Crippen LogP contribution in [0.1, 0.15) is 24.2 Å². The Bertz CT molecular complexity index is 346. The molecule has 1 unspecified atom stereocenters. The first kappa shape index (κ1) is 11.7. The number of nitrogens with one attached hydrogen (secondary N) is 1. The van der Waals surface area contributed by atoms with Crippen molar-refractivity contribution >= 4 is 5.97 Å². The number of ether oxygens (including phenoxy) is 1. The third-order valence-electron chi connectivity index (χ3n) is 2.21. The highest BCUT2D eigenvalue weighted by atomic mass is 16.5. The van der Waals surface area contributed by atoms with Gasteiger partial charge in [0.05, 0.1) is 12.8 Å². The van der Waals surface area contributed by atoms with Gasteiger partial charge < -0.3 is 10.1 Å². The molecule has 0 aliphatic heterocycles. The van der Waals surface area contributed by atoms with Gasteiger partial charge in [0, 0.05) is 18.8 Å². The van der Waals surface area contributed by atoms with Crippen LogP contribution in [0.4, 0.5) is 0 Å². The first-order chi connectivity index (χ1) is 7.10. The van der Waals surface area contributed by atoms with E-state index in [4.69, 9.17) is 4.74 Å². The highest BCUT2D eigenvalue weighted by Crippen LogP contribution is 2.17. The maximum absolute atomic E-state index is 11.5.